The van der Waals surface area contributed by atoms with E-state index in [9.17, 15) is 14.3 Å². The smallest absolute Gasteiger partial charge is 0.139 e. The molecule has 1 N–H and O–H groups in total. The zero-order valence-electron chi connectivity index (χ0n) is 20.3. The number of Topliss-reactive ketones (excluding diaryl/α,β-unsaturated/α-hetero) is 1. The number of aliphatic hydroxyl groups is 1. The monoisotopic (exact) mass is 470 g/mol. The number of carbonyl (C=O) groups is 1. The first-order chi connectivity index (χ1) is 16.7. The number of rotatable bonds is 5. The van der Waals surface area contributed by atoms with Gasteiger partial charge >= 0.3 is 0 Å². The highest BCUT2D eigenvalue weighted by molar-refractivity contribution is 5.82. The van der Waals surface area contributed by atoms with E-state index < -0.39 is 5.60 Å². The molecule has 2 fully saturated rings. The van der Waals surface area contributed by atoms with Crippen molar-refractivity contribution in [3.63, 3.8) is 0 Å². The molecule has 5 heteroatoms. The second-order valence-electron chi connectivity index (χ2n) is 10.9. The molecule has 2 aromatic heterocycles. The van der Waals surface area contributed by atoms with Crippen LogP contribution in [0.15, 0.2) is 48.8 Å². The van der Waals surface area contributed by atoms with Gasteiger partial charge in [-0.15, -0.1) is 0 Å². The summed E-state index contributed by atoms with van der Waals surface area (Å²) >= 11 is 0. The Hall–Kier alpha value is -3.10. The van der Waals surface area contributed by atoms with Crippen molar-refractivity contribution < 1.29 is 14.3 Å². The fraction of sp³-hybridized carbons (Fsp3) is 0.433. The molecule has 0 saturated heterocycles. The normalized spacial score (nSPS) is 23.7. The summed E-state index contributed by atoms with van der Waals surface area (Å²) in [4.78, 5) is 21.5. The Morgan fingerprint density at radius 2 is 1.86 bits per heavy atom. The second-order valence-corrected chi connectivity index (χ2v) is 10.9. The summed E-state index contributed by atoms with van der Waals surface area (Å²) in [5, 5.41) is 10.7. The van der Waals surface area contributed by atoms with Crippen molar-refractivity contribution in [3.8, 4) is 11.8 Å². The van der Waals surface area contributed by atoms with Crippen LogP contribution < -0.4 is 0 Å². The molecule has 4 atom stereocenters. The molecule has 0 spiro atoms. The number of carbonyl (C=O) groups excluding carboxylic acids is 1. The predicted octanol–water partition coefficient (Wildman–Crippen LogP) is 5.61. The number of benzene rings is 1. The van der Waals surface area contributed by atoms with E-state index in [2.05, 4.69) is 27.9 Å². The van der Waals surface area contributed by atoms with Gasteiger partial charge in [-0.1, -0.05) is 11.8 Å². The summed E-state index contributed by atoms with van der Waals surface area (Å²) < 4.78 is 13.9. The molecule has 4 nitrogen and oxygen atoms in total. The lowest BCUT2D eigenvalue weighted by Gasteiger charge is -2.16. The molecule has 1 aromatic carbocycles. The Bertz CT molecular complexity index is 1290. The fourth-order valence-corrected chi connectivity index (χ4v) is 6.08. The van der Waals surface area contributed by atoms with Crippen molar-refractivity contribution in [2.75, 3.05) is 0 Å². The molecular formula is C30H31FN2O2. The topological polar surface area (TPSA) is 63.1 Å². The number of aromatic nitrogens is 2. The van der Waals surface area contributed by atoms with Gasteiger partial charge in [-0.25, -0.2) is 4.39 Å². The van der Waals surface area contributed by atoms with E-state index in [0.29, 0.717) is 36.5 Å². The van der Waals surface area contributed by atoms with Crippen LogP contribution >= 0.6 is 0 Å². The average Bonchev–Trinajstić information content (AvgIpc) is 3.36. The van der Waals surface area contributed by atoms with Gasteiger partial charge in [0.25, 0.3) is 0 Å². The van der Waals surface area contributed by atoms with E-state index in [-0.39, 0.29) is 11.6 Å². The summed E-state index contributed by atoms with van der Waals surface area (Å²) in [5.74, 6) is 7.87. The van der Waals surface area contributed by atoms with E-state index in [1.807, 2.05) is 18.3 Å². The molecule has 2 heterocycles. The summed E-state index contributed by atoms with van der Waals surface area (Å²) in [6, 6.07) is 10.6. The molecule has 35 heavy (non-hydrogen) atoms. The van der Waals surface area contributed by atoms with Gasteiger partial charge in [-0.05, 0) is 105 Å². The van der Waals surface area contributed by atoms with Crippen LogP contribution in [-0.4, -0.2) is 26.5 Å². The highest BCUT2D eigenvalue weighted by atomic mass is 19.1. The third kappa shape index (κ3) is 5.60. The maximum atomic E-state index is 13.9. The van der Waals surface area contributed by atoms with Gasteiger partial charge in [0.05, 0.1) is 5.52 Å². The van der Waals surface area contributed by atoms with Gasteiger partial charge in [0.1, 0.15) is 17.2 Å². The van der Waals surface area contributed by atoms with Gasteiger partial charge in [0.15, 0.2) is 0 Å². The Kier molecular flexibility index (Phi) is 6.42. The largest absolute Gasteiger partial charge is 0.378 e. The number of fused-ring (bicyclic) bond motifs is 2. The molecular weight excluding hydrogens is 439 g/mol. The lowest BCUT2D eigenvalue weighted by atomic mass is 9.89. The lowest BCUT2D eigenvalue weighted by molar-refractivity contribution is -0.119. The van der Waals surface area contributed by atoms with E-state index in [4.69, 9.17) is 0 Å². The maximum absolute atomic E-state index is 13.9. The number of hydrogen-bond acceptors (Lipinski definition) is 4. The van der Waals surface area contributed by atoms with Crippen molar-refractivity contribution in [3.05, 3.63) is 71.4 Å². The number of hydrogen-bond donors (Lipinski definition) is 1. The third-order valence-electron chi connectivity index (χ3n) is 7.52. The zero-order chi connectivity index (χ0) is 24.6. The van der Waals surface area contributed by atoms with Gasteiger partial charge in [0, 0.05) is 41.9 Å². The van der Waals surface area contributed by atoms with Crippen LogP contribution in [-0.2, 0) is 11.2 Å². The number of halogens is 1. The van der Waals surface area contributed by atoms with Crippen LogP contribution in [0.4, 0.5) is 4.39 Å². The van der Waals surface area contributed by atoms with E-state index >= 15 is 0 Å². The van der Waals surface area contributed by atoms with E-state index in [1.165, 1.54) is 11.6 Å². The summed E-state index contributed by atoms with van der Waals surface area (Å²) in [6.07, 6.45) is 8.89. The lowest BCUT2D eigenvalue weighted by Crippen LogP contribution is -2.14. The summed E-state index contributed by atoms with van der Waals surface area (Å²) in [7, 11) is 0. The van der Waals surface area contributed by atoms with Crippen molar-refractivity contribution in [1.29, 1.82) is 0 Å². The Labute approximate surface area is 206 Å². The summed E-state index contributed by atoms with van der Waals surface area (Å²) in [5.41, 5.74) is 2.52. The van der Waals surface area contributed by atoms with Crippen LogP contribution in [0.1, 0.15) is 68.7 Å². The number of nitrogens with zero attached hydrogens (tertiary/aromatic N) is 2. The quantitative estimate of drug-likeness (QED) is 0.492. The van der Waals surface area contributed by atoms with E-state index in [0.717, 1.165) is 47.8 Å². The SMILES string of the molecule is CC(C)(O)C#Cc1ccc(CC(=O)CC2C[C@@H]3CC(c4ccnc5ccc(F)cc45)C[C@@H]3C2)nc1. The molecule has 2 saturated carbocycles. The fourth-order valence-electron chi connectivity index (χ4n) is 6.08. The molecule has 2 aliphatic rings. The molecule has 0 aliphatic heterocycles. The Morgan fingerprint density at radius 3 is 2.54 bits per heavy atom. The standard InChI is InChI=1S/C30H31FN2O2/c1-30(2,35)9-7-19-3-5-25(33-18-19)17-26(34)13-20-11-21-14-23(15-22(21)12-20)27-8-10-32-29-6-4-24(31)16-28(27)29/h3-6,8,10,16,18,20-23,35H,11-15,17H2,1-2H3/t20?,21-,22+,23?. The molecule has 3 aromatic rings. The van der Waals surface area contributed by atoms with Gasteiger partial charge in [0.2, 0.25) is 0 Å². The zero-order valence-corrected chi connectivity index (χ0v) is 20.3. The van der Waals surface area contributed by atoms with E-state index in [1.54, 1.807) is 32.2 Å². The second kappa shape index (κ2) is 9.51. The highest BCUT2D eigenvalue weighted by Gasteiger charge is 2.42. The van der Waals surface area contributed by atoms with Crippen molar-refractivity contribution >= 4 is 16.7 Å². The molecule has 0 bridgehead atoms. The summed E-state index contributed by atoms with van der Waals surface area (Å²) in [6.45, 7) is 3.28. The molecule has 0 radical (unpaired) electrons. The van der Waals surface area contributed by atoms with Crippen molar-refractivity contribution in [1.82, 2.24) is 9.97 Å². The molecule has 5 rings (SSSR count). The Morgan fingerprint density at radius 1 is 1.09 bits per heavy atom. The predicted molar refractivity (Wildman–Crippen MR) is 134 cm³/mol. The number of ketones is 1. The highest BCUT2D eigenvalue weighted by Crippen LogP contribution is 2.53. The van der Waals surface area contributed by atoms with Crippen LogP contribution in [0.3, 0.4) is 0 Å². The first kappa shape index (κ1) is 23.6. The number of pyridine rings is 2. The van der Waals surface area contributed by atoms with Gasteiger partial charge < -0.3 is 5.11 Å². The van der Waals surface area contributed by atoms with Crippen LogP contribution in [0.5, 0.6) is 0 Å². The molecule has 0 amide bonds. The average molecular weight is 471 g/mol. The van der Waals surface area contributed by atoms with Crippen molar-refractivity contribution in [2.24, 2.45) is 17.8 Å². The minimum absolute atomic E-state index is 0.213. The first-order valence-corrected chi connectivity index (χ1v) is 12.5. The first-order valence-electron chi connectivity index (χ1n) is 12.5. The Balaban J connectivity index is 1.15. The van der Waals surface area contributed by atoms with Crippen LogP contribution in [0.25, 0.3) is 10.9 Å². The minimum atomic E-state index is -1.04. The molecule has 2 unspecified atom stereocenters. The van der Waals surface area contributed by atoms with Crippen LogP contribution in [0.2, 0.25) is 0 Å². The maximum Gasteiger partial charge on any atom is 0.139 e. The molecule has 180 valence electrons. The van der Waals surface area contributed by atoms with Crippen LogP contribution in [0, 0.1) is 35.4 Å². The van der Waals surface area contributed by atoms with Gasteiger partial charge in [-0.3, -0.25) is 14.8 Å². The minimum Gasteiger partial charge on any atom is -0.378 e. The third-order valence-corrected chi connectivity index (χ3v) is 7.52. The van der Waals surface area contributed by atoms with Crippen molar-refractivity contribution in [2.45, 2.75) is 63.9 Å². The van der Waals surface area contributed by atoms with Gasteiger partial charge in [-0.2, -0.15) is 0 Å². The molecule has 2 aliphatic carbocycles.